The number of benzene rings is 8. The van der Waals surface area contributed by atoms with Gasteiger partial charge >= 0.3 is 0 Å². The highest BCUT2D eigenvalue weighted by molar-refractivity contribution is 7.85. The summed E-state index contributed by atoms with van der Waals surface area (Å²) in [6.45, 7) is -0.206. The van der Waals surface area contributed by atoms with Gasteiger partial charge in [0, 0.05) is 21.5 Å². The van der Waals surface area contributed by atoms with E-state index in [0.717, 1.165) is 43.3 Å². The van der Waals surface area contributed by atoms with Crippen LogP contribution in [0.3, 0.4) is 0 Å². The molecule has 0 saturated heterocycles. The van der Waals surface area contributed by atoms with E-state index in [1.165, 1.54) is 15.9 Å². The maximum Gasteiger partial charge on any atom is 0.172 e. The van der Waals surface area contributed by atoms with Gasteiger partial charge in [0.1, 0.15) is 0 Å². The Bertz CT molecular complexity index is 2420. The molecule has 0 spiro atoms. The van der Waals surface area contributed by atoms with E-state index in [1.807, 2.05) is 54.6 Å². The fourth-order valence-corrected chi connectivity index (χ4v) is 12.6. The summed E-state index contributed by atoms with van der Waals surface area (Å²) in [4.78, 5) is 0. The number of aliphatic hydroxyl groups excluding tert-OH is 1. The first-order chi connectivity index (χ1) is 24.2. The van der Waals surface area contributed by atoms with Crippen LogP contribution in [-0.4, -0.2) is 5.11 Å². The predicted octanol–water partition coefficient (Wildman–Crippen LogP) is 8.55. The Kier molecular flexibility index (Phi) is 8.54. The number of aliphatic hydroxyl groups is 1. The summed E-state index contributed by atoms with van der Waals surface area (Å²) >= 11 is 0. The Morgan fingerprint density at radius 2 is 0.939 bits per heavy atom. The highest BCUT2D eigenvalue weighted by atomic mass is 31.2. The van der Waals surface area contributed by atoms with E-state index in [9.17, 15) is 5.11 Å². The highest BCUT2D eigenvalue weighted by Gasteiger charge is 2.36. The van der Waals surface area contributed by atoms with Gasteiger partial charge < -0.3 is 9.67 Å². The minimum atomic E-state index is -3.56. The molecule has 0 radical (unpaired) electrons. The molecule has 0 bridgehead atoms. The zero-order valence-electron chi connectivity index (χ0n) is 26.9. The zero-order chi connectivity index (χ0) is 33.2. The molecule has 0 aliphatic heterocycles. The summed E-state index contributed by atoms with van der Waals surface area (Å²) in [6, 6.07) is 64.7. The van der Waals surface area contributed by atoms with Crippen molar-refractivity contribution in [3.05, 3.63) is 194 Å². The minimum absolute atomic E-state index is 0.206. The molecule has 2 nitrogen and oxygen atoms in total. The van der Waals surface area contributed by atoms with E-state index in [-0.39, 0.29) is 6.61 Å². The molecule has 0 amide bonds. The molecule has 1 N–H and O–H groups in total. The number of fused-ring (bicyclic) bond motifs is 2. The third kappa shape index (κ3) is 5.53. The van der Waals surface area contributed by atoms with Crippen LogP contribution in [0.1, 0.15) is 5.56 Å². The standard InChI is InChI=1S/C45H34O2P2/c46-32-35-18-12-15-27-42(35)49(47,38-23-8-3-9-24-38)43-31-29-34-17-11-14-26-40(34)45(43)44-39-25-13-10-16-33(39)28-30-41(44)48(36-19-4-1-5-20-36)37-21-6-2-7-22-37/h1-31,46H,32H2. The van der Waals surface area contributed by atoms with Gasteiger partial charge in [-0.1, -0.05) is 182 Å². The summed E-state index contributed by atoms with van der Waals surface area (Å²) in [6.07, 6.45) is 0. The van der Waals surface area contributed by atoms with Gasteiger partial charge in [0.05, 0.1) is 6.61 Å². The molecule has 236 valence electrons. The topological polar surface area (TPSA) is 37.3 Å². The van der Waals surface area contributed by atoms with Crippen molar-refractivity contribution in [1.29, 1.82) is 0 Å². The quantitative estimate of drug-likeness (QED) is 0.165. The van der Waals surface area contributed by atoms with E-state index in [1.54, 1.807) is 0 Å². The molecule has 4 heteroatoms. The Morgan fingerprint density at radius 1 is 0.449 bits per heavy atom. The van der Waals surface area contributed by atoms with Crippen molar-refractivity contribution < 1.29 is 9.67 Å². The lowest BCUT2D eigenvalue weighted by atomic mass is 9.93. The van der Waals surface area contributed by atoms with Crippen molar-refractivity contribution in [2.75, 3.05) is 0 Å². The third-order valence-electron chi connectivity index (χ3n) is 9.29. The zero-order valence-corrected chi connectivity index (χ0v) is 28.6. The van der Waals surface area contributed by atoms with Gasteiger partial charge in [0.25, 0.3) is 0 Å². The van der Waals surface area contributed by atoms with Crippen LogP contribution in [0.15, 0.2) is 188 Å². The summed E-state index contributed by atoms with van der Waals surface area (Å²) in [5, 5.41) is 20.9. The van der Waals surface area contributed by atoms with Crippen LogP contribution in [0, 0.1) is 0 Å². The van der Waals surface area contributed by atoms with Crippen LogP contribution in [0.5, 0.6) is 0 Å². The number of rotatable bonds is 8. The smallest absolute Gasteiger partial charge is 0.172 e. The lowest BCUT2D eigenvalue weighted by Crippen LogP contribution is -2.30. The van der Waals surface area contributed by atoms with Crippen LogP contribution < -0.4 is 31.8 Å². The molecule has 1 unspecified atom stereocenters. The molecule has 0 heterocycles. The van der Waals surface area contributed by atoms with Crippen LogP contribution in [0.2, 0.25) is 0 Å². The van der Waals surface area contributed by atoms with Gasteiger partial charge in [0.2, 0.25) is 0 Å². The first-order valence-electron chi connectivity index (χ1n) is 16.5. The fraction of sp³-hybridized carbons (Fsp3) is 0.0222. The molecule has 0 saturated carbocycles. The molecule has 0 aliphatic carbocycles. The largest absolute Gasteiger partial charge is 0.392 e. The molecular weight excluding hydrogens is 634 g/mol. The maximum atomic E-state index is 16.5. The molecule has 8 aromatic rings. The Balaban J connectivity index is 1.57. The van der Waals surface area contributed by atoms with E-state index >= 15 is 4.57 Å². The van der Waals surface area contributed by atoms with Gasteiger partial charge in [-0.25, -0.2) is 0 Å². The second-order valence-corrected chi connectivity index (χ2v) is 17.0. The van der Waals surface area contributed by atoms with Crippen molar-refractivity contribution in [2.45, 2.75) is 6.61 Å². The summed E-state index contributed by atoms with van der Waals surface area (Å²) < 4.78 is 16.5. The SMILES string of the molecule is O=P(c1ccccc1)(c1ccccc1CO)c1ccc2ccccc2c1-c1c(P(c2ccccc2)c2ccccc2)ccc2ccccc12. The molecule has 1 atom stereocenters. The van der Waals surface area contributed by atoms with Crippen molar-refractivity contribution in [1.82, 2.24) is 0 Å². The minimum Gasteiger partial charge on any atom is -0.392 e. The summed E-state index contributed by atoms with van der Waals surface area (Å²) in [5.41, 5.74) is 2.74. The van der Waals surface area contributed by atoms with Crippen LogP contribution >= 0.6 is 15.1 Å². The Morgan fingerprint density at radius 3 is 1.55 bits per heavy atom. The molecule has 0 fully saturated rings. The average Bonchev–Trinajstić information content (AvgIpc) is 3.18. The molecule has 49 heavy (non-hydrogen) atoms. The van der Waals surface area contributed by atoms with Crippen LogP contribution in [0.4, 0.5) is 0 Å². The Labute approximate surface area is 288 Å². The van der Waals surface area contributed by atoms with Gasteiger partial charge in [-0.2, -0.15) is 0 Å². The van der Waals surface area contributed by atoms with E-state index in [4.69, 9.17) is 0 Å². The van der Waals surface area contributed by atoms with E-state index in [0.29, 0.717) is 10.9 Å². The maximum absolute atomic E-state index is 16.5. The third-order valence-corrected chi connectivity index (χ3v) is 15.0. The van der Waals surface area contributed by atoms with Gasteiger partial charge in [-0.05, 0) is 62.6 Å². The lowest BCUT2D eigenvalue weighted by molar-refractivity contribution is 0.283. The molecule has 8 rings (SSSR count). The molecule has 0 aliphatic rings. The number of hydrogen-bond acceptors (Lipinski definition) is 2. The highest BCUT2D eigenvalue weighted by Crippen LogP contribution is 2.50. The monoisotopic (exact) mass is 668 g/mol. The van der Waals surface area contributed by atoms with Gasteiger partial charge in [-0.15, -0.1) is 0 Å². The van der Waals surface area contributed by atoms with Gasteiger partial charge in [-0.3, -0.25) is 0 Å². The number of hydrogen-bond donors (Lipinski definition) is 1. The van der Waals surface area contributed by atoms with Crippen molar-refractivity contribution in [2.24, 2.45) is 0 Å². The molecule has 8 aromatic carbocycles. The van der Waals surface area contributed by atoms with Crippen molar-refractivity contribution in [3.8, 4) is 11.1 Å². The average molecular weight is 669 g/mol. The van der Waals surface area contributed by atoms with E-state index in [2.05, 4.69) is 133 Å². The van der Waals surface area contributed by atoms with Crippen molar-refractivity contribution >= 4 is 68.4 Å². The van der Waals surface area contributed by atoms with Crippen molar-refractivity contribution in [3.63, 3.8) is 0 Å². The molecule has 0 aromatic heterocycles. The first kappa shape index (κ1) is 31.2. The van der Waals surface area contributed by atoms with Crippen LogP contribution in [-0.2, 0) is 11.2 Å². The second kappa shape index (κ2) is 13.4. The normalized spacial score (nSPS) is 12.7. The molecular formula is C45H34O2P2. The summed E-state index contributed by atoms with van der Waals surface area (Å²) in [5.74, 6) is 0. The second-order valence-electron chi connectivity index (χ2n) is 12.1. The predicted molar refractivity (Wildman–Crippen MR) is 211 cm³/mol. The van der Waals surface area contributed by atoms with E-state index < -0.39 is 15.1 Å². The first-order valence-corrected chi connectivity index (χ1v) is 19.5. The van der Waals surface area contributed by atoms with Crippen LogP contribution in [0.25, 0.3) is 32.7 Å². The Hall–Kier alpha value is -5.10. The summed E-state index contributed by atoms with van der Waals surface area (Å²) in [7, 11) is -4.58. The lowest BCUT2D eigenvalue weighted by Gasteiger charge is -2.29. The van der Waals surface area contributed by atoms with Gasteiger partial charge in [0.15, 0.2) is 7.14 Å². The fourth-order valence-electron chi connectivity index (χ4n) is 7.07.